The summed E-state index contributed by atoms with van der Waals surface area (Å²) in [5, 5.41) is 2.49. The lowest BCUT2D eigenvalue weighted by molar-refractivity contribution is -0.00301. The summed E-state index contributed by atoms with van der Waals surface area (Å²) in [4.78, 5) is 12.2. The summed E-state index contributed by atoms with van der Waals surface area (Å²) in [7, 11) is -3.74. The Balaban J connectivity index is 1.48. The van der Waals surface area contributed by atoms with Crippen molar-refractivity contribution in [3.05, 3.63) is 17.9 Å². The van der Waals surface area contributed by atoms with Gasteiger partial charge in [0.05, 0.1) is 25.9 Å². The molecule has 9 heteroatoms. The second-order valence-corrected chi connectivity index (χ2v) is 8.93. The highest BCUT2D eigenvalue weighted by Crippen LogP contribution is 2.26. The molecule has 2 fully saturated rings. The molecule has 1 amide bonds. The van der Waals surface area contributed by atoms with Gasteiger partial charge in [-0.05, 0) is 30.9 Å². The highest BCUT2D eigenvalue weighted by Gasteiger charge is 2.30. The van der Waals surface area contributed by atoms with Crippen LogP contribution in [0.15, 0.2) is 21.6 Å². The molecule has 3 rings (SSSR count). The molecule has 0 aromatic carbocycles. The third kappa shape index (κ3) is 5.10. The van der Waals surface area contributed by atoms with Gasteiger partial charge in [0.15, 0.2) is 5.76 Å². The van der Waals surface area contributed by atoms with E-state index in [2.05, 4.69) is 12.2 Å². The SMILES string of the molecule is CC1CCCCC1OCCNC(=O)c1ccc(S(=O)(=O)N2CCOCC2)o1. The number of amides is 1. The third-order valence-corrected chi connectivity index (χ3v) is 6.89. The number of ether oxygens (including phenoxy) is 2. The number of nitrogens with one attached hydrogen (secondary N) is 1. The van der Waals surface area contributed by atoms with Gasteiger partial charge >= 0.3 is 0 Å². The second kappa shape index (κ2) is 9.18. The van der Waals surface area contributed by atoms with Crippen molar-refractivity contribution in [1.82, 2.24) is 9.62 Å². The Morgan fingerprint density at radius 2 is 2.00 bits per heavy atom. The van der Waals surface area contributed by atoms with Crippen molar-refractivity contribution in [2.45, 2.75) is 43.8 Å². The fourth-order valence-corrected chi connectivity index (χ4v) is 4.81. The number of morpholine rings is 1. The highest BCUT2D eigenvalue weighted by atomic mass is 32.2. The van der Waals surface area contributed by atoms with Crippen molar-refractivity contribution >= 4 is 15.9 Å². The van der Waals surface area contributed by atoms with E-state index < -0.39 is 15.9 Å². The number of hydrogen-bond donors (Lipinski definition) is 1. The molecule has 1 saturated carbocycles. The number of furan rings is 1. The smallest absolute Gasteiger partial charge is 0.287 e. The van der Waals surface area contributed by atoms with Crippen LogP contribution in [0.3, 0.4) is 0 Å². The van der Waals surface area contributed by atoms with Gasteiger partial charge in [-0.25, -0.2) is 8.42 Å². The summed E-state index contributed by atoms with van der Waals surface area (Å²) < 4.78 is 42.7. The van der Waals surface area contributed by atoms with Crippen molar-refractivity contribution in [3.8, 4) is 0 Å². The van der Waals surface area contributed by atoms with Crippen molar-refractivity contribution in [3.63, 3.8) is 0 Å². The molecule has 27 heavy (non-hydrogen) atoms. The Morgan fingerprint density at radius 1 is 1.26 bits per heavy atom. The van der Waals surface area contributed by atoms with Crippen LogP contribution in [0.25, 0.3) is 0 Å². The van der Waals surface area contributed by atoms with E-state index in [1.165, 1.54) is 35.7 Å². The Labute approximate surface area is 160 Å². The molecular formula is C18H28N2O6S. The molecule has 2 atom stereocenters. The predicted octanol–water partition coefficient (Wildman–Crippen LogP) is 1.63. The lowest BCUT2D eigenvalue weighted by Gasteiger charge is -2.28. The van der Waals surface area contributed by atoms with Crippen LogP contribution >= 0.6 is 0 Å². The van der Waals surface area contributed by atoms with Gasteiger partial charge in [-0.1, -0.05) is 19.8 Å². The zero-order valence-corrected chi connectivity index (χ0v) is 16.5. The minimum Gasteiger partial charge on any atom is -0.438 e. The van der Waals surface area contributed by atoms with Gasteiger partial charge in [0, 0.05) is 19.6 Å². The predicted molar refractivity (Wildman–Crippen MR) is 98.0 cm³/mol. The molecule has 2 heterocycles. The first kappa shape index (κ1) is 20.3. The largest absolute Gasteiger partial charge is 0.438 e. The van der Waals surface area contributed by atoms with Gasteiger partial charge < -0.3 is 19.2 Å². The minimum atomic E-state index is -3.74. The summed E-state index contributed by atoms with van der Waals surface area (Å²) in [5.74, 6) is 0.0825. The fourth-order valence-electron chi connectivity index (χ4n) is 3.49. The number of carbonyl (C=O) groups excluding carboxylic acids is 1. The zero-order chi connectivity index (χ0) is 19.3. The summed E-state index contributed by atoms with van der Waals surface area (Å²) in [6.45, 7) is 4.25. The van der Waals surface area contributed by atoms with E-state index in [0.29, 0.717) is 32.3 Å². The normalized spacial score (nSPS) is 24.6. The Kier molecular flexibility index (Phi) is 6.91. The van der Waals surface area contributed by atoms with E-state index in [1.807, 2.05) is 0 Å². The van der Waals surface area contributed by atoms with Gasteiger partial charge in [-0.2, -0.15) is 4.31 Å². The molecule has 1 aliphatic heterocycles. The van der Waals surface area contributed by atoms with Gasteiger partial charge in [0.2, 0.25) is 5.09 Å². The molecule has 1 aromatic heterocycles. The van der Waals surface area contributed by atoms with Crippen LogP contribution in [-0.4, -0.2) is 64.2 Å². The van der Waals surface area contributed by atoms with E-state index in [4.69, 9.17) is 13.9 Å². The number of carbonyl (C=O) groups is 1. The average Bonchev–Trinajstić information content (AvgIpc) is 3.18. The van der Waals surface area contributed by atoms with Gasteiger partial charge in [0.1, 0.15) is 0 Å². The van der Waals surface area contributed by atoms with Crippen LogP contribution < -0.4 is 5.32 Å². The first-order valence-electron chi connectivity index (χ1n) is 9.56. The lowest BCUT2D eigenvalue weighted by Crippen LogP contribution is -2.40. The maximum Gasteiger partial charge on any atom is 0.287 e. The minimum absolute atomic E-state index is 0.0205. The number of hydrogen-bond acceptors (Lipinski definition) is 6. The fraction of sp³-hybridized carbons (Fsp3) is 0.722. The molecule has 2 aliphatic rings. The van der Waals surface area contributed by atoms with Crippen LogP contribution in [0.5, 0.6) is 0 Å². The van der Waals surface area contributed by atoms with E-state index in [0.717, 1.165) is 6.42 Å². The summed E-state index contributed by atoms with van der Waals surface area (Å²) >= 11 is 0. The molecule has 1 aromatic rings. The number of rotatable bonds is 7. The van der Waals surface area contributed by atoms with Crippen LogP contribution in [0, 0.1) is 5.92 Å². The molecule has 8 nitrogen and oxygen atoms in total. The molecule has 1 saturated heterocycles. The molecule has 1 aliphatic carbocycles. The zero-order valence-electron chi connectivity index (χ0n) is 15.7. The van der Waals surface area contributed by atoms with Crippen LogP contribution in [0.4, 0.5) is 0 Å². The maximum atomic E-state index is 12.5. The molecule has 2 unspecified atom stereocenters. The van der Waals surface area contributed by atoms with Crippen LogP contribution in [0.2, 0.25) is 0 Å². The lowest BCUT2D eigenvalue weighted by atomic mass is 9.88. The summed E-state index contributed by atoms with van der Waals surface area (Å²) in [6.07, 6.45) is 4.95. The monoisotopic (exact) mass is 400 g/mol. The van der Waals surface area contributed by atoms with Crippen molar-refractivity contribution < 1.29 is 27.1 Å². The number of nitrogens with zero attached hydrogens (tertiary/aromatic N) is 1. The molecule has 152 valence electrons. The highest BCUT2D eigenvalue weighted by molar-refractivity contribution is 7.89. The quantitative estimate of drug-likeness (QED) is 0.699. The molecule has 0 bridgehead atoms. The molecule has 0 radical (unpaired) electrons. The van der Waals surface area contributed by atoms with Crippen molar-refractivity contribution in [2.75, 3.05) is 39.5 Å². The maximum absolute atomic E-state index is 12.5. The van der Waals surface area contributed by atoms with E-state index in [1.54, 1.807) is 0 Å². The molecular weight excluding hydrogens is 372 g/mol. The third-order valence-electron chi connectivity index (χ3n) is 5.12. The first-order chi connectivity index (χ1) is 13.0. The standard InChI is InChI=1S/C18H28N2O6S/c1-14-4-2-3-5-15(14)25-11-8-19-18(21)16-6-7-17(26-16)27(22,23)20-9-12-24-13-10-20/h6-7,14-15H,2-5,8-13H2,1H3,(H,19,21). The average molecular weight is 400 g/mol. The van der Waals surface area contributed by atoms with Gasteiger partial charge in [0.25, 0.3) is 15.9 Å². The summed E-state index contributed by atoms with van der Waals surface area (Å²) in [6, 6.07) is 2.70. The Hall–Kier alpha value is -1.42. The van der Waals surface area contributed by atoms with Gasteiger partial charge in [-0.15, -0.1) is 0 Å². The van der Waals surface area contributed by atoms with Gasteiger partial charge in [-0.3, -0.25) is 4.79 Å². The van der Waals surface area contributed by atoms with Crippen LogP contribution in [-0.2, 0) is 19.5 Å². The topological polar surface area (TPSA) is 98.1 Å². The molecule has 0 spiro atoms. The van der Waals surface area contributed by atoms with E-state index in [9.17, 15) is 13.2 Å². The number of sulfonamides is 1. The second-order valence-electron chi connectivity index (χ2n) is 7.06. The Bertz CT molecular complexity index is 726. The van der Waals surface area contributed by atoms with E-state index in [-0.39, 0.29) is 30.0 Å². The van der Waals surface area contributed by atoms with Crippen molar-refractivity contribution in [1.29, 1.82) is 0 Å². The first-order valence-corrected chi connectivity index (χ1v) is 11.0. The Morgan fingerprint density at radius 3 is 2.74 bits per heavy atom. The molecule has 1 N–H and O–H groups in total. The summed E-state index contributed by atoms with van der Waals surface area (Å²) in [5.41, 5.74) is 0. The van der Waals surface area contributed by atoms with E-state index >= 15 is 0 Å². The van der Waals surface area contributed by atoms with Crippen LogP contribution in [0.1, 0.15) is 43.2 Å². The van der Waals surface area contributed by atoms with Crippen molar-refractivity contribution in [2.24, 2.45) is 5.92 Å².